The predicted octanol–water partition coefficient (Wildman–Crippen LogP) is 3.04. The molecule has 1 N–H and O–H groups in total. The Bertz CT molecular complexity index is 124. The number of hydrogen-bond acceptors (Lipinski definition) is 1. The number of hydrogen-bond donors (Lipinski definition) is 1. The van der Waals surface area contributed by atoms with Gasteiger partial charge in [0.25, 0.3) is 0 Å². The maximum absolute atomic E-state index is 10.1. The molecule has 2 nitrogen and oxygen atoms in total. The van der Waals surface area contributed by atoms with Gasteiger partial charge in [-0.2, -0.15) is 0 Å². The molecule has 0 radical (unpaired) electrons. The molecule has 0 aliphatic heterocycles. The summed E-state index contributed by atoms with van der Waals surface area (Å²) in [6.07, 6.45) is 5.36. The first kappa shape index (κ1) is 11.8. The van der Waals surface area contributed by atoms with Crippen molar-refractivity contribution in [3.8, 4) is 0 Å². The third kappa shape index (κ3) is 9.76. The van der Waals surface area contributed by atoms with Gasteiger partial charge in [-0.1, -0.05) is 19.3 Å². The van der Waals surface area contributed by atoms with Crippen LogP contribution in [0.3, 0.4) is 0 Å². The van der Waals surface area contributed by atoms with Gasteiger partial charge in [0.05, 0.1) is 0 Å². The first-order valence-corrected chi connectivity index (χ1v) is 4.92. The summed E-state index contributed by atoms with van der Waals surface area (Å²) >= 11 is 5.75. The quantitative estimate of drug-likeness (QED) is 0.497. The van der Waals surface area contributed by atoms with Gasteiger partial charge in [0, 0.05) is 11.8 Å². The Morgan fingerprint density at radius 2 is 1.92 bits per heavy atom. The lowest BCUT2D eigenvalue weighted by Crippen LogP contribution is -1.94. The van der Waals surface area contributed by atoms with Gasteiger partial charge < -0.3 is 5.11 Å². The lowest BCUT2D eigenvalue weighted by molar-refractivity contribution is -0.137. The van der Waals surface area contributed by atoms with E-state index in [2.05, 4.69) is 0 Å². The van der Waals surface area contributed by atoms with Gasteiger partial charge >= 0.3 is 5.97 Å². The molecular formula is C9H17ClO2. The van der Waals surface area contributed by atoms with Crippen molar-refractivity contribution in [1.82, 2.24) is 0 Å². The van der Waals surface area contributed by atoms with E-state index in [4.69, 9.17) is 16.7 Å². The minimum Gasteiger partial charge on any atom is -0.481 e. The van der Waals surface area contributed by atoms with Gasteiger partial charge in [0.1, 0.15) is 0 Å². The Labute approximate surface area is 78.9 Å². The summed E-state index contributed by atoms with van der Waals surface area (Å²) in [4.78, 5) is 10.1. The zero-order valence-corrected chi connectivity index (χ0v) is 8.31. The Kier molecular flexibility index (Phi) is 7.26. The average Bonchev–Trinajstić information content (AvgIpc) is 1.95. The molecule has 0 saturated heterocycles. The summed E-state index contributed by atoms with van der Waals surface area (Å²) in [6.45, 7) is 1.98. The minimum atomic E-state index is -0.694. The first-order chi connectivity index (χ1) is 5.63. The van der Waals surface area contributed by atoms with Crippen molar-refractivity contribution in [1.29, 1.82) is 0 Å². The average molecular weight is 193 g/mol. The monoisotopic (exact) mass is 192 g/mol. The van der Waals surface area contributed by atoms with Crippen LogP contribution in [-0.4, -0.2) is 16.5 Å². The lowest BCUT2D eigenvalue weighted by Gasteiger charge is -2.01. The Balaban J connectivity index is 2.96. The van der Waals surface area contributed by atoms with Crippen LogP contribution < -0.4 is 0 Å². The van der Waals surface area contributed by atoms with Gasteiger partial charge in [-0.15, -0.1) is 11.6 Å². The minimum absolute atomic E-state index is 0.254. The molecule has 0 fully saturated rings. The number of rotatable bonds is 7. The molecule has 3 heteroatoms. The van der Waals surface area contributed by atoms with E-state index in [1.165, 1.54) is 0 Å². The zero-order valence-electron chi connectivity index (χ0n) is 7.55. The van der Waals surface area contributed by atoms with Crippen LogP contribution >= 0.6 is 11.6 Å². The molecule has 0 bridgehead atoms. The van der Waals surface area contributed by atoms with Crippen molar-refractivity contribution in [2.75, 3.05) is 0 Å². The second-order valence-corrected chi connectivity index (χ2v) is 3.87. The first-order valence-electron chi connectivity index (χ1n) is 4.49. The van der Waals surface area contributed by atoms with Gasteiger partial charge in [-0.3, -0.25) is 4.79 Å². The van der Waals surface area contributed by atoms with Crippen LogP contribution in [0.2, 0.25) is 0 Å². The van der Waals surface area contributed by atoms with E-state index in [1.807, 2.05) is 6.92 Å². The van der Waals surface area contributed by atoms with E-state index in [9.17, 15) is 4.79 Å². The van der Waals surface area contributed by atoms with Crippen molar-refractivity contribution in [3.05, 3.63) is 0 Å². The van der Waals surface area contributed by atoms with Crippen LogP contribution in [-0.2, 0) is 4.79 Å². The van der Waals surface area contributed by atoms with Crippen molar-refractivity contribution in [2.45, 2.75) is 50.8 Å². The fraction of sp³-hybridized carbons (Fsp3) is 0.889. The highest BCUT2D eigenvalue weighted by molar-refractivity contribution is 6.20. The van der Waals surface area contributed by atoms with Crippen LogP contribution in [0.25, 0.3) is 0 Å². The third-order valence-electron chi connectivity index (χ3n) is 1.74. The molecule has 1 atom stereocenters. The van der Waals surface area contributed by atoms with Crippen LogP contribution in [0.15, 0.2) is 0 Å². The van der Waals surface area contributed by atoms with Gasteiger partial charge in [-0.25, -0.2) is 0 Å². The normalized spacial score (nSPS) is 12.8. The number of carboxylic acid groups (broad SMARTS) is 1. The van der Waals surface area contributed by atoms with Crippen LogP contribution in [0.5, 0.6) is 0 Å². The molecular weight excluding hydrogens is 176 g/mol. The molecule has 12 heavy (non-hydrogen) atoms. The second kappa shape index (κ2) is 7.41. The van der Waals surface area contributed by atoms with Gasteiger partial charge in [0.15, 0.2) is 0 Å². The molecule has 0 aromatic rings. The number of carbonyl (C=O) groups is 1. The fourth-order valence-electron chi connectivity index (χ4n) is 1.06. The smallest absolute Gasteiger partial charge is 0.303 e. The second-order valence-electron chi connectivity index (χ2n) is 3.13. The Morgan fingerprint density at radius 1 is 1.33 bits per heavy atom. The largest absolute Gasteiger partial charge is 0.481 e. The van der Waals surface area contributed by atoms with E-state index in [-0.39, 0.29) is 5.38 Å². The molecule has 0 amide bonds. The highest BCUT2D eigenvalue weighted by atomic mass is 35.5. The summed E-state index contributed by atoms with van der Waals surface area (Å²) in [5.41, 5.74) is 0. The number of aliphatic carboxylic acids is 1. The number of carboxylic acids is 1. The van der Waals surface area contributed by atoms with E-state index in [0.29, 0.717) is 6.42 Å². The molecule has 0 rings (SSSR count). The number of unbranched alkanes of at least 4 members (excludes halogenated alkanes) is 3. The molecule has 0 aromatic carbocycles. The number of alkyl halides is 1. The van der Waals surface area contributed by atoms with Crippen molar-refractivity contribution >= 4 is 17.6 Å². The van der Waals surface area contributed by atoms with Crippen LogP contribution in [0, 0.1) is 0 Å². The van der Waals surface area contributed by atoms with Crippen molar-refractivity contribution < 1.29 is 9.90 Å². The molecule has 72 valence electrons. The molecule has 0 aliphatic carbocycles. The van der Waals surface area contributed by atoms with E-state index in [1.54, 1.807) is 0 Å². The standard InChI is InChI=1S/C9H17ClO2/c1-8(10)6-4-2-3-5-7-9(11)12/h8H,2-7H2,1H3,(H,11,12). The summed E-state index contributed by atoms with van der Waals surface area (Å²) in [6, 6.07) is 0. The van der Waals surface area contributed by atoms with E-state index >= 15 is 0 Å². The van der Waals surface area contributed by atoms with Gasteiger partial charge in [0.2, 0.25) is 0 Å². The summed E-state index contributed by atoms with van der Waals surface area (Å²) in [5, 5.41) is 8.59. The molecule has 0 aromatic heterocycles. The molecule has 0 aliphatic rings. The maximum atomic E-state index is 10.1. The SMILES string of the molecule is CC(Cl)CCCCCCC(=O)O. The molecule has 1 unspecified atom stereocenters. The predicted molar refractivity (Wildman–Crippen MR) is 50.7 cm³/mol. The molecule has 0 spiro atoms. The highest BCUT2D eigenvalue weighted by Crippen LogP contribution is 2.10. The van der Waals surface area contributed by atoms with Gasteiger partial charge in [-0.05, 0) is 19.8 Å². The third-order valence-corrected chi connectivity index (χ3v) is 1.96. The van der Waals surface area contributed by atoms with Crippen LogP contribution in [0.4, 0.5) is 0 Å². The van der Waals surface area contributed by atoms with Crippen molar-refractivity contribution in [3.63, 3.8) is 0 Å². The fourth-order valence-corrected chi connectivity index (χ4v) is 1.21. The van der Waals surface area contributed by atoms with Crippen molar-refractivity contribution in [2.24, 2.45) is 0 Å². The Hall–Kier alpha value is -0.240. The zero-order chi connectivity index (χ0) is 9.40. The number of halogens is 1. The Morgan fingerprint density at radius 3 is 2.42 bits per heavy atom. The summed E-state index contributed by atoms with van der Waals surface area (Å²) < 4.78 is 0. The lowest BCUT2D eigenvalue weighted by atomic mass is 10.1. The topological polar surface area (TPSA) is 37.3 Å². The van der Waals surface area contributed by atoms with Crippen LogP contribution in [0.1, 0.15) is 45.4 Å². The maximum Gasteiger partial charge on any atom is 0.303 e. The molecule has 0 saturated carbocycles. The van der Waals surface area contributed by atoms with E-state index in [0.717, 1.165) is 32.1 Å². The van der Waals surface area contributed by atoms with E-state index < -0.39 is 5.97 Å². The summed E-state index contributed by atoms with van der Waals surface area (Å²) in [7, 11) is 0. The summed E-state index contributed by atoms with van der Waals surface area (Å²) in [5.74, 6) is -0.694. The highest BCUT2D eigenvalue weighted by Gasteiger charge is 1.98. The molecule has 0 heterocycles.